The molecule has 4 rings (SSSR count). The number of rotatable bonds is 4. The number of likely N-dealkylation sites (tertiary alicyclic amines) is 1. The molecule has 1 fully saturated rings. The second-order valence-electron chi connectivity index (χ2n) is 6.73. The van der Waals surface area contributed by atoms with Crippen LogP contribution in [0.4, 0.5) is 0 Å². The molecule has 0 N–H and O–H groups in total. The molecule has 0 atom stereocenters. The number of ether oxygens (including phenoxy) is 1. The van der Waals surface area contributed by atoms with E-state index in [1.54, 1.807) is 0 Å². The molecule has 0 amide bonds. The molecule has 1 aliphatic rings. The van der Waals surface area contributed by atoms with Crippen LogP contribution in [0.3, 0.4) is 0 Å². The van der Waals surface area contributed by atoms with Gasteiger partial charge in [0.15, 0.2) is 0 Å². The molecule has 0 spiro atoms. The van der Waals surface area contributed by atoms with E-state index in [0.29, 0.717) is 0 Å². The summed E-state index contributed by atoms with van der Waals surface area (Å²) in [5.74, 6) is 0.966. The lowest BCUT2D eigenvalue weighted by Gasteiger charge is -2.32. The number of benzene rings is 1. The first-order chi connectivity index (χ1) is 12.3. The zero-order valence-corrected chi connectivity index (χ0v) is 14.6. The molecule has 0 unspecified atom stereocenters. The zero-order valence-electron chi connectivity index (χ0n) is 14.6. The van der Waals surface area contributed by atoms with Gasteiger partial charge in [0.25, 0.3) is 0 Å². The summed E-state index contributed by atoms with van der Waals surface area (Å²) in [6, 6.07) is 14.4. The molecule has 1 saturated heterocycles. The van der Waals surface area contributed by atoms with Gasteiger partial charge < -0.3 is 4.74 Å². The summed E-state index contributed by atoms with van der Waals surface area (Å²) in [6.45, 7) is 5.11. The number of pyridine rings is 2. The number of hydrogen-bond donors (Lipinski definition) is 0. The van der Waals surface area contributed by atoms with Crippen LogP contribution in [0.25, 0.3) is 10.9 Å². The predicted molar refractivity (Wildman–Crippen MR) is 99.6 cm³/mol. The maximum atomic E-state index is 6.37. The number of piperidine rings is 1. The molecular weight excluding hydrogens is 310 g/mol. The summed E-state index contributed by atoms with van der Waals surface area (Å²) in [6.07, 6.45) is 6.15. The third kappa shape index (κ3) is 3.80. The normalized spacial score (nSPS) is 16.2. The van der Waals surface area contributed by atoms with Gasteiger partial charge >= 0.3 is 0 Å². The van der Waals surface area contributed by atoms with Crippen LogP contribution >= 0.6 is 0 Å². The van der Waals surface area contributed by atoms with Crippen molar-refractivity contribution in [3.05, 3.63) is 66.1 Å². The van der Waals surface area contributed by atoms with Crippen LogP contribution in [-0.4, -0.2) is 34.1 Å². The van der Waals surface area contributed by atoms with Gasteiger partial charge in [-0.2, -0.15) is 0 Å². The van der Waals surface area contributed by atoms with E-state index >= 15 is 0 Å². The van der Waals surface area contributed by atoms with E-state index in [0.717, 1.165) is 54.8 Å². The van der Waals surface area contributed by atoms with Crippen molar-refractivity contribution in [3.63, 3.8) is 0 Å². The van der Waals surface area contributed by atoms with E-state index < -0.39 is 0 Å². The lowest BCUT2D eigenvalue weighted by Crippen LogP contribution is -2.37. The third-order valence-electron chi connectivity index (χ3n) is 4.76. The van der Waals surface area contributed by atoms with Crippen LogP contribution in [0.1, 0.15) is 24.1 Å². The van der Waals surface area contributed by atoms with E-state index in [1.807, 2.05) is 43.6 Å². The van der Waals surface area contributed by atoms with Gasteiger partial charge in [0.1, 0.15) is 11.9 Å². The average molecular weight is 333 g/mol. The minimum atomic E-state index is 0.273. The van der Waals surface area contributed by atoms with E-state index in [1.165, 1.54) is 5.56 Å². The van der Waals surface area contributed by atoms with Gasteiger partial charge in [-0.1, -0.05) is 18.2 Å². The van der Waals surface area contributed by atoms with Gasteiger partial charge in [-0.15, -0.1) is 0 Å². The Kier molecular flexibility index (Phi) is 4.61. The monoisotopic (exact) mass is 333 g/mol. The summed E-state index contributed by atoms with van der Waals surface area (Å²) in [4.78, 5) is 11.3. The number of para-hydroxylation sites is 1. The molecule has 2 aromatic heterocycles. The highest BCUT2D eigenvalue weighted by Crippen LogP contribution is 2.28. The number of fused-ring (bicyclic) bond motifs is 1. The maximum Gasteiger partial charge on any atom is 0.130 e. The van der Waals surface area contributed by atoms with Gasteiger partial charge in [0.05, 0.1) is 5.52 Å². The quantitative estimate of drug-likeness (QED) is 0.724. The standard InChI is InChI=1S/C21H23N3O/c1-16-13-21(19-6-2-3-7-20(19)23-16)25-18-8-11-24(12-9-18)15-17-5-4-10-22-14-17/h2-7,10,13-14,18H,8-9,11-12,15H2,1H3. The van der Waals surface area contributed by atoms with Crippen LogP contribution in [0.15, 0.2) is 54.9 Å². The molecule has 3 aromatic rings. The lowest BCUT2D eigenvalue weighted by atomic mass is 10.1. The topological polar surface area (TPSA) is 38.2 Å². The minimum Gasteiger partial charge on any atom is -0.490 e. The van der Waals surface area contributed by atoms with Crippen LogP contribution in [-0.2, 0) is 6.54 Å². The summed E-state index contributed by atoms with van der Waals surface area (Å²) < 4.78 is 6.37. The van der Waals surface area contributed by atoms with Crippen molar-refractivity contribution in [2.24, 2.45) is 0 Å². The fourth-order valence-corrected chi connectivity index (χ4v) is 3.48. The first-order valence-electron chi connectivity index (χ1n) is 8.92. The molecular formula is C21H23N3O. The molecule has 0 radical (unpaired) electrons. The van der Waals surface area contributed by atoms with Crippen LogP contribution in [0.5, 0.6) is 5.75 Å². The van der Waals surface area contributed by atoms with Crippen molar-refractivity contribution in [1.29, 1.82) is 0 Å². The van der Waals surface area contributed by atoms with Gasteiger partial charge in [-0.05, 0) is 43.5 Å². The summed E-state index contributed by atoms with van der Waals surface area (Å²) in [5.41, 5.74) is 3.28. The summed E-state index contributed by atoms with van der Waals surface area (Å²) in [7, 11) is 0. The summed E-state index contributed by atoms with van der Waals surface area (Å²) >= 11 is 0. The Morgan fingerprint density at radius 1 is 1.12 bits per heavy atom. The average Bonchev–Trinajstić information content (AvgIpc) is 2.64. The molecule has 3 heterocycles. The Hall–Kier alpha value is -2.46. The smallest absolute Gasteiger partial charge is 0.130 e. The molecule has 1 aliphatic heterocycles. The van der Waals surface area contributed by atoms with Gasteiger partial charge in [0, 0.05) is 49.2 Å². The molecule has 0 saturated carbocycles. The van der Waals surface area contributed by atoms with Crippen LogP contribution in [0.2, 0.25) is 0 Å². The molecule has 4 heteroatoms. The Morgan fingerprint density at radius 2 is 1.96 bits per heavy atom. The van der Waals surface area contributed by atoms with Crippen LogP contribution in [0, 0.1) is 6.92 Å². The summed E-state index contributed by atoms with van der Waals surface area (Å²) in [5, 5.41) is 1.10. The molecule has 128 valence electrons. The highest BCUT2D eigenvalue weighted by atomic mass is 16.5. The fourth-order valence-electron chi connectivity index (χ4n) is 3.48. The van der Waals surface area contributed by atoms with Crippen molar-refractivity contribution >= 4 is 10.9 Å². The Morgan fingerprint density at radius 3 is 2.76 bits per heavy atom. The minimum absolute atomic E-state index is 0.273. The van der Waals surface area contributed by atoms with Crippen molar-refractivity contribution in [1.82, 2.24) is 14.9 Å². The SMILES string of the molecule is Cc1cc(OC2CCN(Cc3cccnc3)CC2)c2ccccc2n1. The fraction of sp³-hybridized carbons (Fsp3) is 0.333. The molecule has 0 aliphatic carbocycles. The Labute approximate surface area is 148 Å². The van der Waals surface area contributed by atoms with Crippen molar-refractivity contribution in [3.8, 4) is 5.75 Å². The third-order valence-corrected chi connectivity index (χ3v) is 4.76. The Bertz CT molecular complexity index is 842. The molecule has 1 aromatic carbocycles. The number of nitrogens with zero attached hydrogens (tertiary/aromatic N) is 3. The first-order valence-corrected chi connectivity index (χ1v) is 8.92. The molecule has 25 heavy (non-hydrogen) atoms. The highest BCUT2D eigenvalue weighted by molar-refractivity contribution is 5.85. The van der Waals surface area contributed by atoms with Crippen LogP contribution < -0.4 is 4.74 Å². The van der Waals surface area contributed by atoms with Crippen molar-refractivity contribution in [2.75, 3.05) is 13.1 Å². The second kappa shape index (κ2) is 7.19. The van der Waals surface area contributed by atoms with Crippen molar-refractivity contribution in [2.45, 2.75) is 32.4 Å². The first kappa shape index (κ1) is 16.0. The predicted octanol–water partition coefficient (Wildman–Crippen LogP) is 3.98. The van der Waals surface area contributed by atoms with E-state index in [4.69, 9.17) is 4.74 Å². The van der Waals surface area contributed by atoms with Gasteiger partial charge in [-0.25, -0.2) is 0 Å². The number of hydrogen-bond acceptors (Lipinski definition) is 4. The zero-order chi connectivity index (χ0) is 17.1. The van der Waals surface area contributed by atoms with E-state index in [2.05, 4.69) is 33.1 Å². The van der Waals surface area contributed by atoms with E-state index in [9.17, 15) is 0 Å². The van der Waals surface area contributed by atoms with E-state index in [-0.39, 0.29) is 6.10 Å². The Balaban J connectivity index is 1.41. The number of aromatic nitrogens is 2. The molecule has 4 nitrogen and oxygen atoms in total. The lowest BCUT2D eigenvalue weighted by molar-refractivity contribution is 0.0978. The highest BCUT2D eigenvalue weighted by Gasteiger charge is 2.21. The van der Waals surface area contributed by atoms with Gasteiger partial charge in [-0.3, -0.25) is 14.9 Å². The largest absolute Gasteiger partial charge is 0.490 e. The number of aryl methyl sites for hydroxylation is 1. The second-order valence-corrected chi connectivity index (χ2v) is 6.73. The van der Waals surface area contributed by atoms with Crippen molar-refractivity contribution < 1.29 is 4.74 Å². The molecule has 0 bridgehead atoms. The van der Waals surface area contributed by atoms with Gasteiger partial charge in [0.2, 0.25) is 0 Å². The maximum absolute atomic E-state index is 6.37.